The van der Waals surface area contributed by atoms with E-state index in [2.05, 4.69) is 26.2 Å². The van der Waals surface area contributed by atoms with Crippen molar-refractivity contribution in [2.75, 3.05) is 16.8 Å². The number of aryl methyl sites for hydroxylation is 3. The summed E-state index contributed by atoms with van der Waals surface area (Å²) in [6, 6.07) is 9.48. The maximum Gasteiger partial charge on any atom is 0.229 e. The van der Waals surface area contributed by atoms with Gasteiger partial charge >= 0.3 is 0 Å². The van der Waals surface area contributed by atoms with Crippen LogP contribution in [-0.2, 0) is 9.59 Å². The molecule has 1 atom stereocenters. The van der Waals surface area contributed by atoms with Crippen LogP contribution in [0.3, 0.4) is 0 Å². The number of nitrogens with one attached hydrogen (secondary N) is 1. The van der Waals surface area contributed by atoms with E-state index in [4.69, 9.17) is 0 Å². The Morgan fingerprint density at radius 2 is 2.00 bits per heavy atom. The summed E-state index contributed by atoms with van der Waals surface area (Å²) in [7, 11) is 0. The molecule has 2 amide bonds. The maximum absolute atomic E-state index is 12.7. The average Bonchev–Trinajstić information content (AvgIpc) is 2.93. The fourth-order valence-electron chi connectivity index (χ4n) is 3.22. The van der Waals surface area contributed by atoms with Gasteiger partial charge in [0.05, 0.1) is 23.0 Å². The number of carbonyl (C=O) groups is 2. The highest BCUT2D eigenvalue weighted by molar-refractivity contribution is 9.10. The number of carbonyl (C=O) groups excluding carboxylic acids is 2. The summed E-state index contributed by atoms with van der Waals surface area (Å²) in [6.07, 6.45) is 0.213. The summed E-state index contributed by atoms with van der Waals surface area (Å²) in [5.41, 5.74) is 4.22. The van der Waals surface area contributed by atoms with Crippen LogP contribution in [0.15, 0.2) is 34.8 Å². The third kappa shape index (κ3) is 3.58. The summed E-state index contributed by atoms with van der Waals surface area (Å²) < 4.78 is 0.846. The van der Waals surface area contributed by atoms with Crippen LogP contribution < -0.4 is 10.2 Å². The summed E-state index contributed by atoms with van der Waals surface area (Å²) in [5.74, 6) is -0.554. The SMILES string of the molecule is Cc1cc(C)c(NC(=O)C2CC(=O)N(c3ccccc3Br)C2)c(C)n1. The van der Waals surface area contributed by atoms with Gasteiger partial charge in [-0.3, -0.25) is 14.6 Å². The highest BCUT2D eigenvalue weighted by atomic mass is 79.9. The van der Waals surface area contributed by atoms with Crippen LogP contribution in [0.2, 0.25) is 0 Å². The number of amides is 2. The number of anilines is 2. The van der Waals surface area contributed by atoms with Gasteiger partial charge in [-0.05, 0) is 60.5 Å². The predicted octanol–water partition coefficient (Wildman–Crippen LogP) is 3.76. The zero-order chi connectivity index (χ0) is 18.1. The van der Waals surface area contributed by atoms with Crippen LogP contribution in [0, 0.1) is 26.7 Å². The molecule has 0 saturated carbocycles. The summed E-state index contributed by atoms with van der Waals surface area (Å²) in [5, 5.41) is 2.96. The molecule has 1 aromatic carbocycles. The lowest BCUT2D eigenvalue weighted by molar-refractivity contribution is -0.122. The third-order valence-corrected chi connectivity index (χ3v) is 5.08. The minimum Gasteiger partial charge on any atom is -0.324 e. The molecule has 0 radical (unpaired) electrons. The molecule has 130 valence electrons. The second-order valence-electron chi connectivity index (χ2n) is 6.39. The van der Waals surface area contributed by atoms with Gasteiger partial charge in [-0.15, -0.1) is 0 Å². The Labute approximate surface area is 155 Å². The van der Waals surface area contributed by atoms with Crippen molar-refractivity contribution in [3.05, 3.63) is 51.8 Å². The molecule has 3 rings (SSSR count). The molecule has 2 heterocycles. The minimum atomic E-state index is -0.375. The van der Waals surface area contributed by atoms with E-state index in [1.807, 2.05) is 51.1 Å². The molecule has 2 aromatic rings. The van der Waals surface area contributed by atoms with E-state index in [-0.39, 0.29) is 24.2 Å². The number of benzene rings is 1. The highest BCUT2D eigenvalue weighted by Gasteiger charge is 2.36. The first-order valence-electron chi connectivity index (χ1n) is 8.17. The van der Waals surface area contributed by atoms with Crippen molar-refractivity contribution in [1.29, 1.82) is 0 Å². The third-order valence-electron chi connectivity index (χ3n) is 4.41. The Bertz CT molecular complexity index is 827. The van der Waals surface area contributed by atoms with Gasteiger partial charge in [0.15, 0.2) is 0 Å². The molecule has 1 aromatic heterocycles. The van der Waals surface area contributed by atoms with Crippen LogP contribution in [0.1, 0.15) is 23.4 Å². The smallest absolute Gasteiger partial charge is 0.229 e. The van der Waals surface area contributed by atoms with Crippen LogP contribution in [-0.4, -0.2) is 23.3 Å². The lowest BCUT2D eigenvalue weighted by Crippen LogP contribution is -2.28. The van der Waals surface area contributed by atoms with E-state index in [1.54, 1.807) is 4.90 Å². The molecule has 1 aliphatic rings. The number of aromatic nitrogens is 1. The first kappa shape index (κ1) is 17.6. The van der Waals surface area contributed by atoms with Crippen LogP contribution in [0.4, 0.5) is 11.4 Å². The van der Waals surface area contributed by atoms with Crippen LogP contribution in [0.25, 0.3) is 0 Å². The molecular weight excluding hydrogens is 382 g/mol. The van der Waals surface area contributed by atoms with Crippen molar-refractivity contribution in [3.8, 4) is 0 Å². The summed E-state index contributed by atoms with van der Waals surface area (Å²) in [4.78, 5) is 31.1. The van der Waals surface area contributed by atoms with E-state index in [9.17, 15) is 9.59 Å². The fourth-order valence-corrected chi connectivity index (χ4v) is 3.72. The number of rotatable bonds is 3. The van der Waals surface area contributed by atoms with E-state index in [1.165, 1.54) is 0 Å². The van der Waals surface area contributed by atoms with Crippen molar-refractivity contribution >= 4 is 39.1 Å². The first-order chi connectivity index (χ1) is 11.9. The monoisotopic (exact) mass is 401 g/mol. The average molecular weight is 402 g/mol. The molecule has 1 N–H and O–H groups in total. The van der Waals surface area contributed by atoms with E-state index in [0.29, 0.717) is 6.54 Å². The van der Waals surface area contributed by atoms with Gasteiger partial charge < -0.3 is 10.2 Å². The molecule has 1 saturated heterocycles. The normalized spacial score (nSPS) is 17.0. The zero-order valence-electron chi connectivity index (χ0n) is 14.5. The zero-order valence-corrected chi connectivity index (χ0v) is 16.1. The maximum atomic E-state index is 12.7. The number of hydrogen-bond donors (Lipinski definition) is 1. The van der Waals surface area contributed by atoms with E-state index >= 15 is 0 Å². The number of pyridine rings is 1. The quantitative estimate of drug-likeness (QED) is 0.851. The standard InChI is InChI=1S/C19H20BrN3O2/c1-11-8-12(2)21-13(3)18(11)22-19(25)14-9-17(24)23(10-14)16-7-5-4-6-15(16)20/h4-8,14H,9-10H2,1-3H3,(H,22,25). The van der Waals surface area contributed by atoms with Gasteiger partial charge in [0.2, 0.25) is 11.8 Å². The largest absolute Gasteiger partial charge is 0.324 e. The Morgan fingerprint density at radius 1 is 1.28 bits per heavy atom. The number of halogens is 1. The lowest BCUT2D eigenvalue weighted by atomic mass is 10.1. The molecule has 1 aliphatic heterocycles. The Kier molecular flexibility index (Phi) is 4.90. The molecule has 1 unspecified atom stereocenters. The highest BCUT2D eigenvalue weighted by Crippen LogP contribution is 2.32. The summed E-state index contributed by atoms with van der Waals surface area (Å²) >= 11 is 3.47. The first-order valence-corrected chi connectivity index (χ1v) is 8.96. The van der Waals surface area contributed by atoms with Crippen LogP contribution >= 0.6 is 15.9 Å². The minimum absolute atomic E-state index is 0.0393. The van der Waals surface area contributed by atoms with Gasteiger partial charge in [0, 0.05) is 23.1 Å². The van der Waals surface area contributed by atoms with Crippen molar-refractivity contribution in [1.82, 2.24) is 4.98 Å². The van der Waals surface area contributed by atoms with Gasteiger partial charge in [0.25, 0.3) is 0 Å². The molecule has 0 spiro atoms. The van der Waals surface area contributed by atoms with Gasteiger partial charge in [0.1, 0.15) is 0 Å². The van der Waals surface area contributed by atoms with Crippen molar-refractivity contribution < 1.29 is 9.59 Å². The lowest BCUT2D eigenvalue weighted by Gasteiger charge is -2.18. The van der Waals surface area contributed by atoms with E-state index in [0.717, 1.165) is 32.8 Å². The molecule has 0 bridgehead atoms. The second kappa shape index (κ2) is 6.96. The molecule has 25 heavy (non-hydrogen) atoms. The molecule has 0 aliphatic carbocycles. The number of nitrogens with zero attached hydrogens (tertiary/aromatic N) is 2. The van der Waals surface area contributed by atoms with Crippen LogP contribution in [0.5, 0.6) is 0 Å². The molecule has 6 heteroatoms. The number of hydrogen-bond acceptors (Lipinski definition) is 3. The Balaban J connectivity index is 1.77. The van der Waals surface area contributed by atoms with Gasteiger partial charge in [-0.25, -0.2) is 0 Å². The Morgan fingerprint density at radius 3 is 2.68 bits per heavy atom. The second-order valence-corrected chi connectivity index (χ2v) is 7.24. The fraction of sp³-hybridized carbons (Fsp3) is 0.316. The summed E-state index contributed by atoms with van der Waals surface area (Å²) in [6.45, 7) is 6.13. The van der Waals surface area contributed by atoms with E-state index < -0.39 is 0 Å². The predicted molar refractivity (Wildman–Crippen MR) is 102 cm³/mol. The number of para-hydroxylation sites is 1. The molecule has 5 nitrogen and oxygen atoms in total. The molecular formula is C19H20BrN3O2. The topological polar surface area (TPSA) is 62.3 Å². The van der Waals surface area contributed by atoms with Crippen molar-refractivity contribution in [3.63, 3.8) is 0 Å². The molecule has 1 fully saturated rings. The van der Waals surface area contributed by atoms with Crippen molar-refractivity contribution in [2.45, 2.75) is 27.2 Å². The van der Waals surface area contributed by atoms with Crippen molar-refractivity contribution in [2.24, 2.45) is 5.92 Å². The van der Waals surface area contributed by atoms with Gasteiger partial charge in [-0.2, -0.15) is 0 Å². The Hall–Kier alpha value is -2.21. The van der Waals surface area contributed by atoms with Gasteiger partial charge in [-0.1, -0.05) is 12.1 Å².